The van der Waals surface area contributed by atoms with Crippen LogP contribution in [0.4, 0.5) is 5.69 Å². The molecule has 0 aliphatic heterocycles. The molecule has 0 amide bonds. The molecule has 5 nitrogen and oxygen atoms in total. The van der Waals surface area contributed by atoms with Crippen LogP contribution in [-0.2, 0) is 0 Å². The topological polar surface area (TPSA) is 78.8 Å². The van der Waals surface area contributed by atoms with Crippen molar-refractivity contribution >= 4 is 22.4 Å². The Morgan fingerprint density at radius 2 is 1.83 bits per heavy atom. The Kier molecular flexibility index (Phi) is 4.52. The first-order chi connectivity index (χ1) is 11.6. The lowest BCUT2D eigenvalue weighted by Crippen LogP contribution is -2.12. The summed E-state index contributed by atoms with van der Waals surface area (Å²) in [6.45, 7) is 0.935. The molecule has 0 aliphatic carbocycles. The third-order valence-electron chi connectivity index (χ3n) is 3.67. The van der Waals surface area contributed by atoms with E-state index in [1.807, 2.05) is 42.5 Å². The van der Waals surface area contributed by atoms with E-state index in [1.54, 1.807) is 6.07 Å². The molecule has 3 rings (SSSR count). The van der Waals surface area contributed by atoms with E-state index in [9.17, 15) is 9.90 Å². The molecule has 0 saturated carbocycles. The second-order valence-electron chi connectivity index (χ2n) is 5.29. The molecule has 0 bridgehead atoms. The summed E-state index contributed by atoms with van der Waals surface area (Å²) in [5.74, 6) is -0.602. The van der Waals surface area contributed by atoms with Gasteiger partial charge in [0.1, 0.15) is 23.7 Å². The van der Waals surface area contributed by atoms with Crippen LogP contribution in [0, 0.1) is 0 Å². The molecule has 0 spiro atoms. The summed E-state index contributed by atoms with van der Waals surface area (Å²) < 4.78 is 5.81. The van der Waals surface area contributed by atoms with E-state index in [2.05, 4.69) is 5.32 Å². The van der Waals surface area contributed by atoms with Gasteiger partial charge in [0.2, 0.25) is 0 Å². The van der Waals surface area contributed by atoms with Crippen LogP contribution in [0.5, 0.6) is 11.5 Å². The lowest BCUT2D eigenvalue weighted by Gasteiger charge is -2.11. The number of carbonyl (C=O) groups is 1. The van der Waals surface area contributed by atoms with Gasteiger partial charge in [-0.1, -0.05) is 36.4 Å². The highest BCUT2D eigenvalue weighted by Crippen LogP contribution is 2.25. The number of nitrogens with one attached hydrogen (secondary N) is 1. The Hall–Kier alpha value is -3.21. The van der Waals surface area contributed by atoms with Crippen LogP contribution in [0.25, 0.3) is 10.8 Å². The summed E-state index contributed by atoms with van der Waals surface area (Å²) >= 11 is 0. The Bertz CT molecular complexity index is 871. The zero-order valence-electron chi connectivity index (χ0n) is 12.9. The third kappa shape index (κ3) is 3.41. The van der Waals surface area contributed by atoms with Crippen LogP contribution < -0.4 is 10.1 Å². The summed E-state index contributed by atoms with van der Waals surface area (Å²) in [6.07, 6.45) is 0. The molecule has 5 heteroatoms. The van der Waals surface area contributed by atoms with E-state index in [0.717, 1.165) is 16.5 Å². The fourth-order valence-corrected chi connectivity index (χ4v) is 2.50. The number of carboxylic acid groups (broad SMARTS) is 1. The summed E-state index contributed by atoms with van der Waals surface area (Å²) in [5.41, 5.74) is 0.488. The molecule has 0 saturated heterocycles. The van der Waals surface area contributed by atoms with Crippen LogP contribution >= 0.6 is 0 Å². The van der Waals surface area contributed by atoms with Crippen LogP contribution in [0.1, 0.15) is 10.4 Å². The largest absolute Gasteiger partial charge is 0.507 e. The Balaban J connectivity index is 1.61. The first-order valence-corrected chi connectivity index (χ1v) is 7.56. The zero-order valence-corrected chi connectivity index (χ0v) is 12.9. The number of hydrogen-bond acceptors (Lipinski definition) is 4. The van der Waals surface area contributed by atoms with E-state index in [0.29, 0.717) is 18.8 Å². The molecule has 0 fully saturated rings. The zero-order chi connectivity index (χ0) is 16.9. The van der Waals surface area contributed by atoms with Crippen molar-refractivity contribution in [3.05, 3.63) is 66.2 Å². The van der Waals surface area contributed by atoms with Crippen molar-refractivity contribution in [1.82, 2.24) is 0 Å². The molecule has 3 aromatic rings. The molecule has 0 unspecified atom stereocenters. The van der Waals surface area contributed by atoms with Crippen LogP contribution in [0.15, 0.2) is 60.7 Å². The van der Waals surface area contributed by atoms with Crippen LogP contribution in [-0.4, -0.2) is 29.3 Å². The molecular weight excluding hydrogens is 306 g/mol. The van der Waals surface area contributed by atoms with Gasteiger partial charge in [0.25, 0.3) is 0 Å². The van der Waals surface area contributed by atoms with E-state index in [-0.39, 0.29) is 11.3 Å². The fraction of sp³-hybridized carbons (Fsp3) is 0.105. The van der Waals surface area contributed by atoms with Gasteiger partial charge in [-0.15, -0.1) is 0 Å². The van der Waals surface area contributed by atoms with Crippen molar-refractivity contribution in [3.8, 4) is 11.5 Å². The summed E-state index contributed by atoms with van der Waals surface area (Å²) in [4.78, 5) is 11.0. The van der Waals surface area contributed by atoms with Gasteiger partial charge in [-0.05, 0) is 29.7 Å². The second kappa shape index (κ2) is 6.91. The number of aromatic carboxylic acids is 1. The smallest absolute Gasteiger partial charge is 0.339 e. The van der Waals surface area contributed by atoms with Gasteiger partial charge < -0.3 is 20.3 Å². The number of ether oxygens (including phenoxy) is 1. The van der Waals surface area contributed by atoms with E-state index < -0.39 is 5.97 Å². The molecule has 0 aliphatic rings. The monoisotopic (exact) mass is 323 g/mol. The van der Waals surface area contributed by atoms with Gasteiger partial charge >= 0.3 is 5.97 Å². The SMILES string of the molecule is O=C(O)c1cc(NCCOc2cccc3ccccc23)ccc1O. The van der Waals surface area contributed by atoms with Crippen molar-refractivity contribution in [3.63, 3.8) is 0 Å². The molecule has 122 valence electrons. The standard InChI is InChI=1S/C19H17NO4/c21-17-9-8-14(12-16(17)19(22)23)20-10-11-24-18-7-3-5-13-4-1-2-6-15(13)18/h1-9,12,20-21H,10-11H2,(H,22,23). The van der Waals surface area contributed by atoms with Crippen molar-refractivity contribution < 1.29 is 19.7 Å². The first-order valence-electron chi connectivity index (χ1n) is 7.56. The maximum absolute atomic E-state index is 11.0. The van der Waals surface area contributed by atoms with Gasteiger partial charge in [-0.25, -0.2) is 4.79 Å². The molecule has 0 heterocycles. The minimum atomic E-state index is -1.16. The molecule has 0 atom stereocenters. The minimum absolute atomic E-state index is 0.130. The number of hydrogen-bond donors (Lipinski definition) is 3. The Morgan fingerprint density at radius 3 is 2.67 bits per heavy atom. The molecule has 3 N–H and O–H groups in total. The van der Waals surface area contributed by atoms with Crippen molar-refractivity contribution in [2.45, 2.75) is 0 Å². The molecule has 24 heavy (non-hydrogen) atoms. The Labute approximate surface area is 139 Å². The van der Waals surface area contributed by atoms with Crippen LogP contribution in [0.3, 0.4) is 0 Å². The summed E-state index contributed by atoms with van der Waals surface area (Å²) in [6, 6.07) is 18.3. The number of fused-ring (bicyclic) bond motifs is 1. The predicted molar refractivity (Wildman–Crippen MR) is 93.0 cm³/mol. The Morgan fingerprint density at radius 1 is 1.04 bits per heavy atom. The van der Waals surface area contributed by atoms with Gasteiger partial charge in [-0.3, -0.25) is 0 Å². The summed E-state index contributed by atoms with van der Waals surface area (Å²) in [7, 11) is 0. The molecule has 0 radical (unpaired) electrons. The molecular formula is C19H17NO4. The number of aromatic hydroxyl groups is 1. The predicted octanol–water partition coefficient (Wildman–Crippen LogP) is 3.73. The molecule has 0 aromatic heterocycles. The second-order valence-corrected chi connectivity index (χ2v) is 5.29. The number of rotatable bonds is 6. The van der Waals surface area contributed by atoms with Crippen molar-refractivity contribution in [2.75, 3.05) is 18.5 Å². The van der Waals surface area contributed by atoms with Crippen molar-refractivity contribution in [1.29, 1.82) is 0 Å². The number of phenols is 1. The number of carboxylic acids is 1. The average Bonchev–Trinajstić information content (AvgIpc) is 2.60. The highest BCUT2D eigenvalue weighted by atomic mass is 16.5. The third-order valence-corrected chi connectivity index (χ3v) is 3.67. The maximum atomic E-state index is 11.0. The highest BCUT2D eigenvalue weighted by molar-refractivity contribution is 5.92. The quantitative estimate of drug-likeness (QED) is 0.476. The first kappa shape index (κ1) is 15.7. The van der Waals surface area contributed by atoms with Gasteiger partial charge in [0.15, 0.2) is 0 Å². The maximum Gasteiger partial charge on any atom is 0.339 e. The van der Waals surface area contributed by atoms with Gasteiger partial charge in [0, 0.05) is 17.6 Å². The molecule has 3 aromatic carbocycles. The fourth-order valence-electron chi connectivity index (χ4n) is 2.50. The highest BCUT2D eigenvalue weighted by Gasteiger charge is 2.09. The van der Waals surface area contributed by atoms with Gasteiger partial charge in [0.05, 0.1) is 0 Å². The number of anilines is 1. The summed E-state index contributed by atoms with van der Waals surface area (Å²) in [5, 5.41) is 23.7. The van der Waals surface area contributed by atoms with E-state index in [4.69, 9.17) is 9.84 Å². The lowest BCUT2D eigenvalue weighted by molar-refractivity contribution is 0.0694. The average molecular weight is 323 g/mol. The normalized spacial score (nSPS) is 10.5. The number of benzene rings is 3. The van der Waals surface area contributed by atoms with Gasteiger partial charge in [-0.2, -0.15) is 0 Å². The van der Waals surface area contributed by atoms with E-state index >= 15 is 0 Å². The van der Waals surface area contributed by atoms with E-state index in [1.165, 1.54) is 12.1 Å². The van der Waals surface area contributed by atoms with Crippen LogP contribution in [0.2, 0.25) is 0 Å². The van der Waals surface area contributed by atoms with Crippen molar-refractivity contribution in [2.24, 2.45) is 0 Å². The minimum Gasteiger partial charge on any atom is -0.507 e. The lowest BCUT2D eigenvalue weighted by atomic mass is 10.1.